The van der Waals surface area contributed by atoms with Gasteiger partial charge in [-0.25, -0.2) is 22.7 Å². The fourth-order valence-electron chi connectivity index (χ4n) is 3.03. The number of hydrogen-bond acceptors (Lipinski definition) is 6. The van der Waals surface area contributed by atoms with Crippen LogP contribution in [0.3, 0.4) is 0 Å². The van der Waals surface area contributed by atoms with E-state index in [-0.39, 0.29) is 5.75 Å². The number of benzene rings is 1. The molecule has 136 valence electrons. The zero-order valence-corrected chi connectivity index (χ0v) is 16.1. The van der Waals surface area contributed by atoms with Gasteiger partial charge in [-0.3, -0.25) is 0 Å². The monoisotopic (exact) mass is 388 g/mol. The maximum Gasteiger partial charge on any atom is 0.213 e. The van der Waals surface area contributed by atoms with Crippen LogP contribution in [-0.4, -0.2) is 48.1 Å². The van der Waals surface area contributed by atoms with Crippen molar-refractivity contribution in [3.63, 3.8) is 0 Å². The second-order valence-corrected chi connectivity index (χ2v) is 9.43. The lowest BCUT2D eigenvalue weighted by molar-refractivity contribution is 0.212. The maximum absolute atomic E-state index is 11.8. The molecule has 6 nitrogen and oxygen atoms in total. The van der Waals surface area contributed by atoms with E-state index in [1.54, 1.807) is 22.6 Å². The molecule has 0 saturated carbocycles. The van der Waals surface area contributed by atoms with E-state index in [1.807, 2.05) is 41.1 Å². The van der Waals surface area contributed by atoms with E-state index in [2.05, 4.69) is 10.3 Å². The number of nitrogens with one attached hydrogen (secondary N) is 1. The van der Waals surface area contributed by atoms with E-state index in [4.69, 9.17) is 4.98 Å². The second kappa shape index (κ2) is 6.94. The molecule has 0 unspecified atom stereocenters. The van der Waals surface area contributed by atoms with E-state index in [0.717, 1.165) is 22.3 Å². The van der Waals surface area contributed by atoms with Crippen molar-refractivity contribution in [3.8, 4) is 11.4 Å². The minimum Gasteiger partial charge on any atom is -0.369 e. The van der Waals surface area contributed by atoms with Crippen LogP contribution in [0, 0.1) is 5.92 Å². The van der Waals surface area contributed by atoms with Crippen molar-refractivity contribution in [2.24, 2.45) is 5.92 Å². The number of aromatic nitrogens is 2. The number of hydrogen-bond donors (Lipinski definition) is 1. The van der Waals surface area contributed by atoms with Gasteiger partial charge in [0.1, 0.15) is 5.82 Å². The molecule has 3 heterocycles. The topological polar surface area (TPSA) is 75.2 Å². The first-order valence-corrected chi connectivity index (χ1v) is 11.1. The van der Waals surface area contributed by atoms with Crippen molar-refractivity contribution in [1.29, 1.82) is 0 Å². The van der Waals surface area contributed by atoms with E-state index in [9.17, 15) is 8.42 Å². The van der Waals surface area contributed by atoms with Crippen molar-refractivity contribution >= 4 is 38.1 Å². The smallest absolute Gasteiger partial charge is 0.213 e. The van der Waals surface area contributed by atoms with Gasteiger partial charge in [-0.15, -0.1) is 0 Å². The van der Waals surface area contributed by atoms with Gasteiger partial charge in [-0.1, -0.05) is 12.1 Å². The number of sulfonamides is 1. The Morgan fingerprint density at radius 1 is 1.23 bits per heavy atom. The zero-order valence-electron chi connectivity index (χ0n) is 14.4. The summed E-state index contributed by atoms with van der Waals surface area (Å²) >= 11 is 1.62. The Morgan fingerprint density at radius 3 is 2.77 bits per heavy atom. The predicted molar refractivity (Wildman–Crippen MR) is 106 cm³/mol. The van der Waals surface area contributed by atoms with Crippen LogP contribution in [0.15, 0.2) is 41.1 Å². The summed E-state index contributed by atoms with van der Waals surface area (Å²) in [5.74, 6) is 1.97. The predicted octanol–water partition coefficient (Wildman–Crippen LogP) is 3.05. The molecule has 1 saturated heterocycles. The minimum atomic E-state index is -3.07. The molecule has 0 bridgehead atoms. The van der Waals surface area contributed by atoms with E-state index in [0.29, 0.717) is 31.4 Å². The molecule has 0 atom stereocenters. The highest BCUT2D eigenvalue weighted by molar-refractivity contribution is 7.89. The summed E-state index contributed by atoms with van der Waals surface area (Å²) < 4.78 is 25.2. The standard InChI is InChI=1S/C18H20N4O2S2/c1-2-26(23,24)22-10-13(11-22)9-19-18-15-5-3-4-6-16(15)20-17(21-18)14-7-8-25-12-14/h3-8,12-13H,2,9-11H2,1H3,(H,19,20,21). The first-order chi connectivity index (χ1) is 12.6. The maximum atomic E-state index is 11.8. The van der Waals surface area contributed by atoms with E-state index >= 15 is 0 Å². The average Bonchev–Trinajstić information content (AvgIpc) is 3.14. The molecule has 0 spiro atoms. The van der Waals surface area contributed by atoms with Gasteiger partial charge in [0.15, 0.2) is 5.82 Å². The highest BCUT2D eigenvalue weighted by atomic mass is 32.2. The molecule has 8 heteroatoms. The summed E-state index contributed by atoms with van der Waals surface area (Å²) in [4.78, 5) is 9.37. The number of rotatable bonds is 6. The molecule has 26 heavy (non-hydrogen) atoms. The largest absolute Gasteiger partial charge is 0.369 e. The molecule has 0 aliphatic carbocycles. The van der Waals surface area contributed by atoms with Crippen molar-refractivity contribution < 1.29 is 8.42 Å². The van der Waals surface area contributed by atoms with Gasteiger partial charge in [0.05, 0.1) is 11.3 Å². The first kappa shape index (κ1) is 17.4. The Balaban J connectivity index is 1.53. The summed E-state index contributed by atoms with van der Waals surface area (Å²) in [5.41, 5.74) is 1.91. The van der Waals surface area contributed by atoms with Crippen molar-refractivity contribution in [2.45, 2.75) is 6.92 Å². The van der Waals surface area contributed by atoms with Crippen LogP contribution in [0.1, 0.15) is 6.92 Å². The molecule has 1 fully saturated rings. The molecular weight excluding hydrogens is 368 g/mol. The highest BCUT2D eigenvalue weighted by Gasteiger charge is 2.34. The Labute approximate surface area is 157 Å². The van der Waals surface area contributed by atoms with Gasteiger partial charge in [0.2, 0.25) is 10.0 Å². The third-order valence-corrected chi connectivity index (χ3v) is 7.12. The molecular formula is C18H20N4O2S2. The lowest BCUT2D eigenvalue weighted by Crippen LogP contribution is -2.52. The summed E-state index contributed by atoms with van der Waals surface area (Å²) in [6.07, 6.45) is 0. The fourth-order valence-corrected chi connectivity index (χ4v) is 4.91. The van der Waals surface area contributed by atoms with Crippen molar-refractivity contribution in [2.75, 3.05) is 30.7 Å². The van der Waals surface area contributed by atoms with Crippen LogP contribution in [0.5, 0.6) is 0 Å². The molecule has 3 aromatic rings. The van der Waals surface area contributed by atoms with Gasteiger partial charge in [0.25, 0.3) is 0 Å². The molecule has 4 rings (SSSR count). The van der Waals surface area contributed by atoms with Gasteiger partial charge < -0.3 is 5.32 Å². The number of thiophene rings is 1. The number of nitrogens with zero attached hydrogens (tertiary/aromatic N) is 3. The average molecular weight is 389 g/mol. The summed E-state index contributed by atoms with van der Waals surface area (Å²) in [5, 5.41) is 8.44. The molecule has 2 aromatic heterocycles. The van der Waals surface area contributed by atoms with Crippen LogP contribution in [0.4, 0.5) is 5.82 Å². The lowest BCUT2D eigenvalue weighted by Gasteiger charge is -2.38. The number of anilines is 1. The second-order valence-electron chi connectivity index (χ2n) is 6.39. The number of fused-ring (bicyclic) bond motifs is 1. The number of para-hydroxylation sites is 1. The SMILES string of the molecule is CCS(=O)(=O)N1CC(CNc2nc(-c3ccsc3)nc3ccccc23)C1. The van der Waals surface area contributed by atoms with Gasteiger partial charge in [0, 0.05) is 41.9 Å². The van der Waals surface area contributed by atoms with E-state index in [1.165, 1.54) is 0 Å². The highest BCUT2D eigenvalue weighted by Crippen LogP contribution is 2.27. The van der Waals surface area contributed by atoms with Crippen LogP contribution in [0.25, 0.3) is 22.3 Å². The summed E-state index contributed by atoms with van der Waals surface area (Å²) in [7, 11) is -3.07. The zero-order chi connectivity index (χ0) is 18.1. The Hall–Kier alpha value is -2.03. The molecule has 1 aliphatic heterocycles. The van der Waals surface area contributed by atoms with Gasteiger partial charge >= 0.3 is 0 Å². The minimum absolute atomic E-state index is 0.160. The van der Waals surface area contributed by atoms with Crippen LogP contribution >= 0.6 is 11.3 Å². The van der Waals surface area contributed by atoms with Crippen LogP contribution in [-0.2, 0) is 10.0 Å². The molecule has 1 N–H and O–H groups in total. The van der Waals surface area contributed by atoms with Crippen LogP contribution < -0.4 is 5.32 Å². The molecule has 1 aromatic carbocycles. The van der Waals surface area contributed by atoms with Crippen molar-refractivity contribution in [1.82, 2.24) is 14.3 Å². The summed E-state index contributed by atoms with van der Waals surface area (Å²) in [6, 6.07) is 9.94. The Morgan fingerprint density at radius 2 is 2.04 bits per heavy atom. The Kier molecular flexibility index (Phi) is 4.64. The Bertz CT molecular complexity index is 1010. The molecule has 1 aliphatic rings. The normalized spacial score (nSPS) is 15.9. The third kappa shape index (κ3) is 3.32. The lowest BCUT2D eigenvalue weighted by atomic mass is 10.0. The first-order valence-electron chi connectivity index (χ1n) is 8.58. The molecule has 0 amide bonds. The quantitative estimate of drug-likeness (QED) is 0.702. The van der Waals surface area contributed by atoms with E-state index < -0.39 is 10.0 Å². The molecule has 0 radical (unpaired) electrons. The summed E-state index contributed by atoms with van der Waals surface area (Å²) in [6.45, 7) is 3.52. The third-order valence-electron chi connectivity index (χ3n) is 4.62. The fraction of sp³-hybridized carbons (Fsp3) is 0.333. The van der Waals surface area contributed by atoms with Crippen LogP contribution in [0.2, 0.25) is 0 Å². The van der Waals surface area contributed by atoms with Gasteiger partial charge in [-0.2, -0.15) is 11.3 Å². The van der Waals surface area contributed by atoms with Gasteiger partial charge in [-0.05, 0) is 30.5 Å². The van der Waals surface area contributed by atoms with Crippen molar-refractivity contribution in [3.05, 3.63) is 41.1 Å².